The van der Waals surface area contributed by atoms with E-state index in [-0.39, 0.29) is 52.0 Å². The van der Waals surface area contributed by atoms with Gasteiger partial charge in [0.2, 0.25) is 17.6 Å². The molecule has 17 heteroatoms. The maximum atomic E-state index is 14.3. The standard InChI is InChI=1S/C31H21F5N4O7.BrH/c32-25-24(26(33)28(35)29(36)27(25)34)30(44)40-13-5-7-15-19(9-13)47-18-8-12(39-21(43)11-38-20(42)10-37)4-6-14(18)22(15)16-2-1-3-17(41)23(16)31(45)46;/h1-9,22,41H,10-11,37H2,(H,38,42)(H,39,43)(H,40,44)(H,45,46);1H. The second-order valence-corrected chi connectivity index (χ2v) is 10.0. The molecule has 3 amide bonds. The van der Waals surface area contributed by atoms with Crippen molar-refractivity contribution < 1.29 is 56.1 Å². The lowest BCUT2D eigenvalue weighted by Crippen LogP contribution is -2.36. The van der Waals surface area contributed by atoms with Gasteiger partial charge in [0.1, 0.15) is 28.4 Å². The number of fused-ring (bicyclic) bond motifs is 2. The molecule has 0 saturated heterocycles. The summed E-state index contributed by atoms with van der Waals surface area (Å²) in [5, 5.41) is 27.2. The summed E-state index contributed by atoms with van der Waals surface area (Å²) in [7, 11) is 0. The van der Waals surface area contributed by atoms with Gasteiger partial charge in [0.25, 0.3) is 5.91 Å². The van der Waals surface area contributed by atoms with Crippen molar-refractivity contribution in [1.29, 1.82) is 0 Å². The molecule has 250 valence electrons. The van der Waals surface area contributed by atoms with Gasteiger partial charge < -0.3 is 36.6 Å². The molecule has 11 nitrogen and oxygen atoms in total. The Kier molecular flexibility index (Phi) is 10.3. The van der Waals surface area contributed by atoms with E-state index in [2.05, 4.69) is 16.0 Å². The minimum atomic E-state index is -2.44. The first-order valence-corrected chi connectivity index (χ1v) is 13.4. The Labute approximate surface area is 277 Å². The Bertz CT molecular complexity index is 1970. The van der Waals surface area contributed by atoms with Crippen LogP contribution in [0.5, 0.6) is 17.2 Å². The van der Waals surface area contributed by atoms with E-state index in [1.165, 1.54) is 48.5 Å². The molecule has 1 heterocycles. The van der Waals surface area contributed by atoms with Crippen molar-refractivity contribution in [1.82, 2.24) is 5.32 Å². The molecule has 4 aromatic carbocycles. The van der Waals surface area contributed by atoms with Gasteiger partial charge in [-0.1, -0.05) is 24.3 Å². The van der Waals surface area contributed by atoms with Crippen LogP contribution in [0.25, 0.3) is 0 Å². The molecule has 0 aliphatic carbocycles. The van der Waals surface area contributed by atoms with Gasteiger partial charge in [-0.25, -0.2) is 26.7 Å². The van der Waals surface area contributed by atoms with Crippen molar-refractivity contribution in [2.24, 2.45) is 5.73 Å². The lowest BCUT2D eigenvalue weighted by molar-refractivity contribution is -0.123. The predicted octanol–water partition coefficient (Wildman–Crippen LogP) is 4.92. The number of nitrogens with two attached hydrogens (primary N) is 1. The summed E-state index contributed by atoms with van der Waals surface area (Å²) in [4.78, 5) is 48.6. The summed E-state index contributed by atoms with van der Waals surface area (Å²) in [5.41, 5.74) is 3.80. The molecule has 1 aliphatic rings. The van der Waals surface area contributed by atoms with Gasteiger partial charge in [-0.2, -0.15) is 0 Å². The van der Waals surface area contributed by atoms with E-state index >= 15 is 0 Å². The van der Waals surface area contributed by atoms with Gasteiger partial charge in [0.05, 0.1) is 13.1 Å². The number of phenols is 1. The maximum absolute atomic E-state index is 14.3. The van der Waals surface area contributed by atoms with Gasteiger partial charge in [-0.15, -0.1) is 17.0 Å². The molecule has 7 N–H and O–H groups in total. The largest absolute Gasteiger partial charge is 0.507 e. The lowest BCUT2D eigenvalue weighted by atomic mass is 9.80. The van der Waals surface area contributed by atoms with E-state index in [0.717, 1.165) is 6.07 Å². The number of hydrogen-bond donors (Lipinski definition) is 6. The number of aromatic carboxylic acids is 1. The average molecular weight is 737 g/mol. The second kappa shape index (κ2) is 14.1. The van der Waals surface area contributed by atoms with Gasteiger partial charge in [0.15, 0.2) is 23.3 Å². The number of carbonyl (C=O) groups is 4. The number of ether oxygens (including phenoxy) is 1. The molecular weight excluding hydrogens is 715 g/mol. The van der Waals surface area contributed by atoms with Crippen LogP contribution in [-0.4, -0.2) is 47.0 Å². The number of rotatable bonds is 8. The van der Waals surface area contributed by atoms with Crippen LogP contribution in [0.3, 0.4) is 0 Å². The first-order valence-electron chi connectivity index (χ1n) is 13.4. The smallest absolute Gasteiger partial charge is 0.339 e. The quantitative estimate of drug-likeness (QED) is 0.0738. The summed E-state index contributed by atoms with van der Waals surface area (Å²) < 4.78 is 75.5. The molecule has 1 atom stereocenters. The number of nitrogens with one attached hydrogen (secondary N) is 3. The number of anilines is 2. The van der Waals surface area contributed by atoms with Gasteiger partial charge in [0, 0.05) is 40.6 Å². The van der Waals surface area contributed by atoms with E-state index in [1.54, 1.807) is 0 Å². The molecule has 4 aromatic rings. The molecule has 1 unspecified atom stereocenters. The zero-order chi connectivity index (χ0) is 34.2. The minimum absolute atomic E-state index is 0. The maximum Gasteiger partial charge on any atom is 0.339 e. The van der Waals surface area contributed by atoms with E-state index < -0.39 is 82.1 Å². The minimum Gasteiger partial charge on any atom is -0.507 e. The van der Waals surface area contributed by atoms with Crippen LogP contribution >= 0.6 is 17.0 Å². The number of halogens is 6. The highest BCUT2D eigenvalue weighted by Crippen LogP contribution is 2.50. The van der Waals surface area contributed by atoms with Crippen molar-refractivity contribution >= 4 is 52.0 Å². The SMILES string of the molecule is Br.NCC(=O)NCC(=O)Nc1ccc2c(c1)Oc1cc(NC(=O)c3c(F)c(F)c(F)c(F)c3F)ccc1C2c1cccc(O)c1C(=O)O. The summed E-state index contributed by atoms with van der Waals surface area (Å²) in [5.74, 6) is -17.5. The fourth-order valence-electron chi connectivity index (χ4n) is 4.98. The number of benzene rings is 4. The first kappa shape index (κ1) is 35.3. The zero-order valence-corrected chi connectivity index (χ0v) is 25.7. The van der Waals surface area contributed by atoms with Crippen LogP contribution in [0.15, 0.2) is 54.6 Å². The van der Waals surface area contributed by atoms with Crippen molar-refractivity contribution in [2.75, 3.05) is 23.7 Å². The Balaban J connectivity index is 0.00000520. The average Bonchev–Trinajstić information content (AvgIpc) is 3.03. The van der Waals surface area contributed by atoms with Gasteiger partial charge in [-0.3, -0.25) is 14.4 Å². The van der Waals surface area contributed by atoms with Crippen LogP contribution < -0.4 is 26.4 Å². The van der Waals surface area contributed by atoms with Crippen molar-refractivity contribution in [3.05, 3.63) is 112 Å². The summed E-state index contributed by atoms with van der Waals surface area (Å²) >= 11 is 0. The first-order chi connectivity index (χ1) is 22.3. The Hall–Kier alpha value is -5.55. The highest BCUT2D eigenvalue weighted by Gasteiger charge is 2.34. The third-order valence-corrected chi connectivity index (χ3v) is 7.08. The molecule has 0 bridgehead atoms. The summed E-state index contributed by atoms with van der Waals surface area (Å²) in [6, 6.07) is 12.1. The van der Waals surface area contributed by atoms with Crippen LogP contribution in [-0.2, 0) is 9.59 Å². The number of hydrogen-bond acceptors (Lipinski definition) is 7. The fourth-order valence-corrected chi connectivity index (χ4v) is 4.98. The molecule has 0 saturated carbocycles. The molecule has 48 heavy (non-hydrogen) atoms. The third kappa shape index (κ3) is 6.63. The Morgan fingerprint density at radius 2 is 1.27 bits per heavy atom. The van der Waals surface area contributed by atoms with E-state index in [1.807, 2.05) is 0 Å². The number of carbonyl (C=O) groups excluding carboxylic acids is 3. The normalized spacial score (nSPS) is 12.8. The monoisotopic (exact) mass is 736 g/mol. The molecule has 5 rings (SSSR count). The highest BCUT2D eigenvalue weighted by atomic mass is 79.9. The number of carboxylic acid groups (broad SMARTS) is 1. The molecule has 1 aliphatic heterocycles. The number of aromatic hydroxyl groups is 1. The van der Waals surface area contributed by atoms with Crippen LogP contribution in [0.4, 0.5) is 33.3 Å². The lowest BCUT2D eigenvalue weighted by Gasteiger charge is -2.30. The molecule has 0 aromatic heterocycles. The zero-order valence-electron chi connectivity index (χ0n) is 24.0. The highest BCUT2D eigenvalue weighted by molar-refractivity contribution is 8.93. The topological polar surface area (TPSA) is 180 Å². The predicted molar refractivity (Wildman–Crippen MR) is 164 cm³/mol. The van der Waals surface area contributed by atoms with Crippen LogP contribution in [0, 0.1) is 29.1 Å². The molecule has 0 spiro atoms. The van der Waals surface area contributed by atoms with Crippen LogP contribution in [0.2, 0.25) is 0 Å². The van der Waals surface area contributed by atoms with Crippen LogP contribution in [0.1, 0.15) is 43.3 Å². The summed E-state index contributed by atoms with van der Waals surface area (Å²) in [6.45, 7) is -0.741. The molecule has 0 radical (unpaired) electrons. The number of amides is 3. The van der Waals surface area contributed by atoms with Gasteiger partial charge >= 0.3 is 5.97 Å². The van der Waals surface area contributed by atoms with E-state index in [9.17, 15) is 51.3 Å². The van der Waals surface area contributed by atoms with Gasteiger partial charge in [-0.05, 0) is 23.8 Å². The van der Waals surface area contributed by atoms with Crippen molar-refractivity contribution in [3.8, 4) is 17.2 Å². The fraction of sp³-hybridized carbons (Fsp3) is 0.0968. The molecule has 0 fully saturated rings. The molecular formula is C31H22BrF5N4O7. The summed E-state index contributed by atoms with van der Waals surface area (Å²) in [6.07, 6.45) is 0. The Morgan fingerprint density at radius 3 is 1.81 bits per heavy atom. The second-order valence-electron chi connectivity index (χ2n) is 10.0. The van der Waals surface area contributed by atoms with E-state index in [0.29, 0.717) is 11.1 Å². The van der Waals surface area contributed by atoms with Crippen molar-refractivity contribution in [3.63, 3.8) is 0 Å². The van der Waals surface area contributed by atoms with Crippen molar-refractivity contribution in [2.45, 2.75) is 5.92 Å². The Morgan fingerprint density at radius 1 is 0.729 bits per heavy atom. The third-order valence-electron chi connectivity index (χ3n) is 7.08. The van der Waals surface area contributed by atoms with E-state index in [4.69, 9.17) is 10.5 Å². The number of carboxylic acids is 1.